The molecular formula is C18H25NO2. The lowest BCUT2D eigenvalue weighted by Crippen LogP contribution is -2.30. The lowest BCUT2D eigenvalue weighted by Gasteiger charge is -2.13. The van der Waals surface area contributed by atoms with Crippen LogP contribution in [0.5, 0.6) is 0 Å². The van der Waals surface area contributed by atoms with Gasteiger partial charge >= 0.3 is 0 Å². The van der Waals surface area contributed by atoms with Crippen molar-refractivity contribution in [1.29, 1.82) is 0 Å². The van der Waals surface area contributed by atoms with Crippen LogP contribution in [0.25, 0.3) is 0 Å². The summed E-state index contributed by atoms with van der Waals surface area (Å²) in [4.78, 5) is 12.3. The molecule has 3 heteroatoms. The predicted octanol–water partition coefficient (Wildman–Crippen LogP) is 3.18. The van der Waals surface area contributed by atoms with E-state index in [1.807, 2.05) is 6.07 Å². The van der Waals surface area contributed by atoms with E-state index in [9.17, 15) is 4.79 Å². The first-order valence-electron chi connectivity index (χ1n) is 8.32. The lowest BCUT2D eigenvalue weighted by atomic mass is 10.0. The summed E-state index contributed by atoms with van der Waals surface area (Å²) in [7, 11) is 0. The maximum Gasteiger partial charge on any atom is 0.227 e. The molecule has 1 atom stereocenters. The third-order valence-corrected chi connectivity index (χ3v) is 4.73. The highest BCUT2D eigenvalue weighted by atomic mass is 16.5. The summed E-state index contributed by atoms with van der Waals surface area (Å²) in [5.41, 5.74) is 2.56. The van der Waals surface area contributed by atoms with Gasteiger partial charge in [0, 0.05) is 13.2 Å². The summed E-state index contributed by atoms with van der Waals surface area (Å²) in [6.45, 7) is 1.50. The minimum atomic E-state index is 0.0527. The number of amides is 1. The smallest absolute Gasteiger partial charge is 0.227 e. The fraction of sp³-hybridized carbons (Fsp3) is 0.611. The number of carbonyl (C=O) groups is 1. The quantitative estimate of drug-likeness (QED) is 0.816. The Morgan fingerprint density at radius 2 is 2.00 bits per heavy atom. The molecule has 1 aromatic carbocycles. The Morgan fingerprint density at radius 1 is 1.19 bits per heavy atom. The average Bonchev–Trinajstić information content (AvgIpc) is 3.16. The summed E-state index contributed by atoms with van der Waals surface area (Å²) in [5, 5.41) is 3.07. The number of fused-ring (bicyclic) bond motifs is 1. The second kappa shape index (κ2) is 7.08. The Labute approximate surface area is 127 Å². The van der Waals surface area contributed by atoms with Crippen molar-refractivity contribution in [1.82, 2.24) is 5.32 Å². The summed E-state index contributed by atoms with van der Waals surface area (Å²) in [5.74, 6) is 0.234. The molecule has 21 heavy (non-hydrogen) atoms. The van der Waals surface area contributed by atoms with Crippen molar-refractivity contribution in [2.75, 3.05) is 13.2 Å². The van der Waals surface area contributed by atoms with Crippen LogP contribution in [0, 0.1) is 0 Å². The van der Waals surface area contributed by atoms with Gasteiger partial charge < -0.3 is 10.1 Å². The maximum atomic E-state index is 12.3. The summed E-state index contributed by atoms with van der Waals surface area (Å²) < 4.78 is 5.82. The van der Waals surface area contributed by atoms with E-state index < -0.39 is 0 Å². The third-order valence-electron chi connectivity index (χ3n) is 4.73. The average molecular weight is 287 g/mol. The highest BCUT2D eigenvalue weighted by molar-refractivity contribution is 5.84. The minimum Gasteiger partial charge on any atom is -0.378 e. The first-order chi connectivity index (χ1) is 10.3. The van der Waals surface area contributed by atoms with E-state index in [0.717, 1.165) is 32.4 Å². The monoisotopic (exact) mass is 287 g/mol. The van der Waals surface area contributed by atoms with E-state index in [2.05, 4.69) is 23.5 Å². The normalized spacial score (nSPS) is 21.4. The summed E-state index contributed by atoms with van der Waals surface area (Å²) in [6, 6.07) is 8.31. The van der Waals surface area contributed by atoms with E-state index in [1.165, 1.54) is 36.8 Å². The Hall–Kier alpha value is -1.35. The van der Waals surface area contributed by atoms with Crippen LogP contribution in [0.2, 0.25) is 0 Å². The molecule has 114 valence electrons. The van der Waals surface area contributed by atoms with Crippen LogP contribution in [0.15, 0.2) is 24.3 Å². The van der Waals surface area contributed by atoms with Gasteiger partial charge in [-0.1, -0.05) is 37.1 Å². The molecule has 1 unspecified atom stereocenters. The molecule has 0 saturated heterocycles. The van der Waals surface area contributed by atoms with Crippen LogP contribution in [-0.2, 0) is 16.0 Å². The van der Waals surface area contributed by atoms with Gasteiger partial charge in [0.05, 0.1) is 12.0 Å². The van der Waals surface area contributed by atoms with Crippen molar-refractivity contribution in [2.24, 2.45) is 0 Å². The zero-order valence-corrected chi connectivity index (χ0v) is 12.6. The molecule has 1 saturated carbocycles. The van der Waals surface area contributed by atoms with E-state index in [4.69, 9.17) is 4.74 Å². The molecular weight excluding hydrogens is 262 g/mol. The Bertz CT molecular complexity index is 480. The minimum absolute atomic E-state index is 0.0527. The standard InChI is InChI=1S/C18H25NO2/c20-18(17-11-10-14-6-1-4-9-16(14)17)19-12-5-13-21-15-7-2-3-8-15/h1,4,6,9,15,17H,2-3,5,7-8,10-13H2,(H,19,20). The predicted molar refractivity (Wildman–Crippen MR) is 83.3 cm³/mol. The summed E-state index contributed by atoms with van der Waals surface area (Å²) in [6.07, 6.45) is 8.41. The molecule has 3 rings (SSSR count). The van der Waals surface area contributed by atoms with E-state index in [-0.39, 0.29) is 11.8 Å². The number of benzene rings is 1. The number of nitrogens with one attached hydrogen (secondary N) is 1. The second-order valence-electron chi connectivity index (χ2n) is 6.21. The van der Waals surface area contributed by atoms with Crippen molar-refractivity contribution >= 4 is 5.91 Å². The van der Waals surface area contributed by atoms with Crippen LogP contribution in [0.4, 0.5) is 0 Å². The number of ether oxygens (including phenoxy) is 1. The molecule has 2 aliphatic rings. The zero-order chi connectivity index (χ0) is 14.5. The summed E-state index contributed by atoms with van der Waals surface area (Å²) >= 11 is 0. The molecule has 1 N–H and O–H groups in total. The first-order valence-corrected chi connectivity index (χ1v) is 8.32. The topological polar surface area (TPSA) is 38.3 Å². The fourth-order valence-corrected chi connectivity index (χ4v) is 3.54. The molecule has 3 nitrogen and oxygen atoms in total. The number of carbonyl (C=O) groups excluding carboxylic acids is 1. The van der Waals surface area contributed by atoms with E-state index in [1.54, 1.807) is 0 Å². The van der Waals surface area contributed by atoms with Crippen molar-refractivity contribution in [2.45, 2.75) is 57.0 Å². The molecule has 0 radical (unpaired) electrons. The molecule has 0 bridgehead atoms. The largest absolute Gasteiger partial charge is 0.378 e. The molecule has 0 heterocycles. The highest BCUT2D eigenvalue weighted by Gasteiger charge is 2.27. The Kier molecular flexibility index (Phi) is 4.91. The molecule has 1 aromatic rings. The van der Waals surface area contributed by atoms with Crippen molar-refractivity contribution in [3.05, 3.63) is 35.4 Å². The molecule has 1 amide bonds. The van der Waals surface area contributed by atoms with Crippen LogP contribution in [0.1, 0.15) is 55.6 Å². The second-order valence-corrected chi connectivity index (χ2v) is 6.21. The first kappa shape index (κ1) is 14.6. The SMILES string of the molecule is O=C(NCCCOC1CCCC1)C1CCc2ccccc21. The van der Waals surface area contributed by atoms with Crippen LogP contribution >= 0.6 is 0 Å². The van der Waals surface area contributed by atoms with Crippen molar-refractivity contribution in [3.63, 3.8) is 0 Å². The van der Waals surface area contributed by atoms with Gasteiger partial charge in [0.25, 0.3) is 0 Å². The number of rotatable bonds is 6. The Balaban J connectivity index is 1.37. The van der Waals surface area contributed by atoms with Gasteiger partial charge in [0.1, 0.15) is 0 Å². The third kappa shape index (κ3) is 3.65. The van der Waals surface area contributed by atoms with Gasteiger partial charge in [-0.15, -0.1) is 0 Å². The Morgan fingerprint density at radius 3 is 2.86 bits per heavy atom. The van der Waals surface area contributed by atoms with Crippen molar-refractivity contribution < 1.29 is 9.53 Å². The van der Waals surface area contributed by atoms with Gasteiger partial charge in [-0.25, -0.2) is 0 Å². The number of hydrogen-bond acceptors (Lipinski definition) is 2. The van der Waals surface area contributed by atoms with E-state index in [0.29, 0.717) is 6.10 Å². The molecule has 0 aromatic heterocycles. The van der Waals surface area contributed by atoms with Crippen LogP contribution in [-0.4, -0.2) is 25.2 Å². The van der Waals surface area contributed by atoms with Crippen LogP contribution in [0.3, 0.4) is 0 Å². The fourth-order valence-electron chi connectivity index (χ4n) is 3.54. The van der Waals surface area contributed by atoms with E-state index >= 15 is 0 Å². The van der Waals surface area contributed by atoms with Crippen LogP contribution < -0.4 is 5.32 Å². The molecule has 0 spiro atoms. The van der Waals surface area contributed by atoms with Gasteiger partial charge in [-0.05, 0) is 43.2 Å². The van der Waals surface area contributed by atoms with Gasteiger partial charge in [0.2, 0.25) is 5.91 Å². The van der Waals surface area contributed by atoms with Gasteiger partial charge in [-0.2, -0.15) is 0 Å². The maximum absolute atomic E-state index is 12.3. The number of aryl methyl sites for hydroxylation is 1. The van der Waals surface area contributed by atoms with Crippen molar-refractivity contribution in [3.8, 4) is 0 Å². The molecule has 1 fully saturated rings. The van der Waals surface area contributed by atoms with Gasteiger partial charge in [-0.3, -0.25) is 4.79 Å². The molecule has 2 aliphatic carbocycles. The lowest BCUT2D eigenvalue weighted by molar-refractivity contribution is -0.122. The number of hydrogen-bond donors (Lipinski definition) is 1. The molecule has 0 aliphatic heterocycles. The highest BCUT2D eigenvalue weighted by Crippen LogP contribution is 2.32. The zero-order valence-electron chi connectivity index (χ0n) is 12.6. The van der Waals surface area contributed by atoms with Gasteiger partial charge in [0.15, 0.2) is 0 Å².